The van der Waals surface area contributed by atoms with Gasteiger partial charge in [-0.2, -0.15) is 0 Å². The smallest absolute Gasteiger partial charge is 0.326 e. The lowest BCUT2D eigenvalue weighted by Crippen LogP contribution is -2.44. The fourth-order valence-electron chi connectivity index (χ4n) is 3.71. The van der Waals surface area contributed by atoms with Gasteiger partial charge in [0.05, 0.1) is 5.57 Å². The Balaban J connectivity index is 1.74. The van der Waals surface area contributed by atoms with Gasteiger partial charge in [0.1, 0.15) is 11.9 Å². The van der Waals surface area contributed by atoms with Gasteiger partial charge in [-0.05, 0) is 23.6 Å². The lowest BCUT2D eigenvalue weighted by molar-refractivity contribution is -0.147. The summed E-state index contributed by atoms with van der Waals surface area (Å²) in [6, 6.07) is 18.0. The van der Waals surface area contributed by atoms with Gasteiger partial charge in [-0.3, -0.25) is 4.79 Å². The minimum Gasteiger partial charge on any atom is -0.480 e. The molecule has 1 aliphatic heterocycles. The largest absolute Gasteiger partial charge is 0.480 e. The highest BCUT2D eigenvalue weighted by atomic mass is 16.4. The number of hydrogen-bond acceptors (Lipinski definition) is 3. The quantitative estimate of drug-likeness (QED) is 0.680. The molecule has 146 valence electrons. The Hall–Kier alpha value is -3.67. The molecule has 1 aromatic heterocycles. The summed E-state index contributed by atoms with van der Waals surface area (Å²) >= 11 is 0. The second kappa shape index (κ2) is 7.75. The third kappa shape index (κ3) is 3.69. The van der Waals surface area contributed by atoms with Crippen molar-refractivity contribution < 1.29 is 14.7 Å². The molecular formula is C23H21N3O3. The predicted molar refractivity (Wildman–Crippen MR) is 110 cm³/mol. The number of rotatable bonds is 6. The van der Waals surface area contributed by atoms with E-state index in [-0.39, 0.29) is 18.9 Å². The molecule has 2 N–H and O–H groups in total. The third-order valence-corrected chi connectivity index (χ3v) is 5.09. The van der Waals surface area contributed by atoms with Crippen molar-refractivity contribution in [1.82, 2.24) is 14.9 Å². The molecule has 2 heterocycles. The summed E-state index contributed by atoms with van der Waals surface area (Å²) in [6.07, 6.45) is 1.78. The maximum absolute atomic E-state index is 13.4. The minimum absolute atomic E-state index is 0.124. The predicted octanol–water partition coefficient (Wildman–Crippen LogP) is 3.17. The summed E-state index contributed by atoms with van der Waals surface area (Å²) in [5.41, 5.74) is 3.95. The number of carbonyl (C=O) groups is 2. The molecule has 6 heteroatoms. The molecule has 2 aromatic carbocycles. The van der Waals surface area contributed by atoms with Gasteiger partial charge in [0.2, 0.25) is 0 Å². The van der Waals surface area contributed by atoms with Gasteiger partial charge in [-0.15, -0.1) is 0 Å². The molecule has 1 amide bonds. The number of imidazole rings is 1. The van der Waals surface area contributed by atoms with Crippen molar-refractivity contribution in [3.63, 3.8) is 0 Å². The van der Waals surface area contributed by atoms with Gasteiger partial charge in [0.25, 0.3) is 5.91 Å². The van der Waals surface area contributed by atoms with Gasteiger partial charge in [-0.1, -0.05) is 60.7 Å². The van der Waals surface area contributed by atoms with E-state index in [9.17, 15) is 14.7 Å². The van der Waals surface area contributed by atoms with Crippen LogP contribution < -0.4 is 0 Å². The molecule has 0 fully saturated rings. The SMILES string of the molecule is Cc1cnc(CC(C(=O)O)N2CC(c3ccccc3)=C(c3ccccc3)C2=O)[nH]1. The van der Waals surface area contributed by atoms with Crippen LogP contribution in [0.4, 0.5) is 0 Å². The van der Waals surface area contributed by atoms with Crippen molar-refractivity contribution in [2.75, 3.05) is 6.54 Å². The van der Waals surface area contributed by atoms with Crippen LogP contribution in [0.1, 0.15) is 22.6 Å². The molecule has 1 unspecified atom stereocenters. The first-order valence-corrected chi connectivity index (χ1v) is 9.43. The van der Waals surface area contributed by atoms with E-state index in [1.54, 1.807) is 6.20 Å². The molecule has 0 radical (unpaired) electrons. The number of carboxylic acids is 1. The van der Waals surface area contributed by atoms with Gasteiger partial charge >= 0.3 is 5.97 Å². The Labute approximate surface area is 168 Å². The second-order valence-electron chi connectivity index (χ2n) is 7.09. The van der Waals surface area contributed by atoms with Crippen molar-refractivity contribution in [1.29, 1.82) is 0 Å². The zero-order valence-corrected chi connectivity index (χ0v) is 16.0. The molecule has 3 aromatic rings. The van der Waals surface area contributed by atoms with E-state index in [4.69, 9.17) is 0 Å². The van der Waals surface area contributed by atoms with Crippen LogP contribution in [0.5, 0.6) is 0 Å². The maximum atomic E-state index is 13.4. The first-order valence-electron chi connectivity index (χ1n) is 9.43. The van der Waals surface area contributed by atoms with Crippen LogP contribution in [0, 0.1) is 6.92 Å². The summed E-state index contributed by atoms with van der Waals surface area (Å²) in [5, 5.41) is 9.88. The average molecular weight is 387 g/mol. The molecule has 0 bridgehead atoms. The van der Waals surface area contributed by atoms with Crippen LogP contribution in [0.2, 0.25) is 0 Å². The Morgan fingerprint density at radius 1 is 1.10 bits per heavy atom. The molecule has 1 aliphatic rings. The standard InChI is InChI=1S/C23H21N3O3/c1-15-13-24-20(25-15)12-19(23(28)29)26-14-18(16-8-4-2-5-9-16)21(22(26)27)17-10-6-3-7-11-17/h2-11,13,19H,12,14H2,1H3,(H,24,25)(H,28,29). The minimum atomic E-state index is -1.05. The summed E-state index contributed by atoms with van der Waals surface area (Å²) in [5.74, 6) is -0.767. The van der Waals surface area contributed by atoms with Gasteiger partial charge in [0, 0.05) is 24.9 Å². The number of amides is 1. The van der Waals surface area contributed by atoms with E-state index < -0.39 is 12.0 Å². The van der Waals surface area contributed by atoms with Crippen LogP contribution >= 0.6 is 0 Å². The number of hydrogen-bond donors (Lipinski definition) is 2. The van der Waals surface area contributed by atoms with Crippen LogP contribution in [-0.4, -0.2) is 44.4 Å². The van der Waals surface area contributed by atoms with Crippen molar-refractivity contribution in [3.8, 4) is 0 Å². The highest BCUT2D eigenvalue weighted by molar-refractivity contribution is 6.30. The normalized spacial score (nSPS) is 15.1. The van der Waals surface area contributed by atoms with Crippen LogP contribution in [0.25, 0.3) is 11.1 Å². The molecule has 0 saturated carbocycles. The Kier molecular flexibility index (Phi) is 4.99. The second-order valence-corrected chi connectivity index (χ2v) is 7.09. The first-order chi connectivity index (χ1) is 14.0. The Morgan fingerprint density at radius 2 is 1.72 bits per heavy atom. The highest BCUT2D eigenvalue weighted by Gasteiger charge is 2.39. The molecule has 1 atom stereocenters. The van der Waals surface area contributed by atoms with Crippen molar-refractivity contribution in [2.24, 2.45) is 0 Å². The molecule has 0 saturated heterocycles. The molecule has 29 heavy (non-hydrogen) atoms. The fourth-order valence-corrected chi connectivity index (χ4v) is 3.71. The zero-order valence-electron chi connectivity index (χ0n) is 16.0. The molecule has 6 nitrogen and oxygen atoms in total. The zero-order chi connectivity index (χ0) is 20.4. The molecule has 4 rings (SSSR count). The molecule has 0 spiro atoms. The molecule has 0 aliphatic carbocycles. The number of nitrogens with zero attached hydrogens (tertiary/aromatic N) is 2. The number of aromatic amines is 1. The van der Waals surface area contributed by atoms with Gasteiger partial charge in [0.15, 0.2) is 0 Å². The lowest BCUT2D eigenvalue weighted by atomic mass is 9.97. The number of benzene rings is 2. The number of carboxylic acid groups (broad SMARTS) is 1. The number of aryl methyl sites for hydroxylation is 1. The summed E-state index contributed by atoms with van der Waals surface area (Å²) < 4.78 is 0. The van der Waals surface area contributed by atoms with Crippen LogP contribution in [-0.2, 0) is 16.0 Å². The third-order valence-electron chi connectivity index (χ3n) is 5.09. The summed E-state index contributed by atoms with van der Waals surface area (Å²) in [4.78, 5) is 34.2. The van der Waals surface area contributed by atoms with Crippen molar-refractivity contribution in [3.05, 3.63) is 89.5 Å². The number of aromatic nitrogens is 2. The van der Waals surface area contributed by atoms with Gasteiger partial charge < -0.3 is 15.0 Å². The number of carbonyl (C=O) groups excluding carboxylic acids is 1. The van der Waals surface area contributed by atoms with E-state index in [0.717, 1.165) is 22.4 Å². The van der Waals surface area contributed by atoms with Crippen molar-refractivity contribution >= 4 is 23.0 Å². The van der Waals surface area contributed by atoms with Crippen molar-refractivity contribution in [2.45, 2.75) is 19.4 Å². The highest BCUT2D eigenvalue weighted by Crippen LogP contribution is 2.35. The fraction of sp³-hybridized carbons (Fsp3) is 0.174. The van der Waals surface area contributed by atoms with Gasteiger partial charge in [-0.25, -0.2) is 9.78 Å². The van der Waals surface area contributed by atoms with E-state index >= 15 is 0 Å². The van der Waals surface area contributed by atoms with E-state index in [1.807, 2.05) is 67.6 Å². The lowest BCUT2D eigenvalue weighted by Gasteiger charge is -2.24. The Morgan fingerprint density at radius 3 is 2.28 bits per heavy atom. The summed E-state index contributed by atoms with van der Waals surface area (Å²) in [7, 11) is 0. The van der Waals surface area contributed by atoms with E-state index in [1.165, 1.54) is 4.90 Å². The average Bonchev–Trinajstić information content (AvgIpc) is 3.30. The number of nitrogens with one attached hydrogen (secondary N) is 1. The number of H-pyrrole nitrogens is 1. The Bertz CT molecular complexity index is 1070. The number of aliphatic carboxylic acids is 1. The molecular weight excluding hydrogens is 366 g/mol. The van der Waals surface area contributed by atoms with Crippen LogP contribution in [0.15, 0.2) is 66.9 Å². The maximum Gasteiger partial charge on any atom is 0.326 e. The van der Waals surface area contributed by atoms with E-state index in [0.29, 0.717) is 11.4 Å². The van der Waals surface area contributed by atoms with E-state index in [2.05, 4.69) is 9.97 Å². The topological polar surface area (TPSA) is 86.3 Å². The van der Waals surface area contributed by atoms with Crippen LogP contribution in [0.3, 0.4) is 0 Å². The monoisotopic (exact) mass is 387 g/mol. The first kappa shape index (κ1) is 18.7. The summed E-state index contributed by atoms with van der Waals surface area (Å²) in [6.45, 7) is 2.10.